The Kier molecular flexibility index (Phi) is 6.19. The highest BCUT2D eigenvalue weighted by molar-refractivity contribution is 6.09. The lowest BCUT2D eigenvalue weighted by atomic mass is 9.83. The van der Waals surface area contributed by atoms with E-state index in [0.717, 1.165) is 22.4 Å². The van der Waals surface area contributed by atoms with E-state index in [4.69, 9.17) is 0 Å². The van der Waals surface area contributed by atoms with Gasteiger partial charge in [0.15, 0.2) is 5.54 Å². The highest BCUT2D eigenvalue weighted by atomic mass is 16.2. The number of carbonyl (C=O) groups is 3. The minimum absolute atomic E-state index is 0.236. The number of nitrogens with zero attached hydrogens (tertiary/aromatic N) is 2. The quantitative estimate of drug-likeness (QED) is 0.560. The van der Waals surface area contributed by atoms with Crippen LogP contribution in [-0.4, -0.2) is 47.3 Å². The van der Waals surface area contributed by atoms with Crippen molar-refractivity contribution in [2.75, 3.05) is 19.6 Å². The Labute approximate surface area is 204 Å². The number of hydrogen-bond acceptors (Lipinski definition) is 3. The molecule has 5 rings (SSSR count). The molecule has 0 unspecified atom stereocenters. The van der Waals surface area contributed by atoms with Crippen molar-refractivity contribution in [2.24, 2.45) is 0 Å². The molecule has 3 aromatic carbocycles. The van der Waals surface area contributed by atoms with E-state index in [-0.39, 0.29) is 12.5 Å². The Morgan fingerprint density at radius 3 is 2.11 bits per heavy atom. The van der Waals surface area contributed by atoms with Crippen LogP contribution >= 0.6 is 0 Å². The monoisotopic (exact) mass is 465 g/mol. The molecule has 0 bridgehead atoms. The largest absolute Gasteiger partial charge is 0.337 e. The number of nitrogens with one attached hydrogen (secondary N) is 1. The smallest absolute Gasteiger partial charge is 0.325 e. The molecule has 0 aliphatic carbocycles. The molecule has 3 aromatic rings. The van der Waals surface area contributed by atoms with Crippen molar-refractivity contribution in [3.63, 3.8) is 0 Å². The lowest BCUT2D eigenvalue weighted by Crippen LogP contribution is -2.47. The van der Waals surface area contributed by atoms with Gasteiger partial charge in [-0.3, -0.25) is 14.5 Å². The Hall–Kier alpha value is -4.19. The average molecular weight is 466 g/mol. The molecule has 0 spiro atoms. The van der Waals surface area contributed by atoms with Crippen LogP contribution in [0, 0.1) is 0 Å². The average Bonchev–Trinajstić information content (AvgIpc) is 3.15. The highest BCUT2D eigenvalue weighted by Crippen LogP contribution is 2.33. The van der Waals surface area contributed by atoms with Crippen molar-refractivity contribution in [3.8, 4) is 0 Å². The second-order valence-electron chi connectivity index (χ2n) is 8.94. The molecule has 0 radical (unpaired) electrons. The van der Waals surface area contributed by atoms with Crippen LogP contribution in [0.15, 0.2) is 97.1 Å². The summed E-state index contributed by atoms with van der Waals surface area (Å²) in [4.78, 5) is 42.7. The van der Waals surface area contributed by atoms with Gasteiger partial charge in [0.25, 0.3) is 5.91 Å². The SMILES string of the molecule is O=C(CN1C(=O)N[C@](Cc2ccccc2)(c2ccccc2)C1=O)N1CC=C(c2ccccc2)CC1. The predicted octanol–water partition coefficient (Wildman–Crippen LogP) is 3.99. The molecule has 6 heteroatoms. The number of urea groups is 1. The molecular formula is C29H27N3O3. The van der Waals surface area contributed by atoms with E-state index in [1.165, 1.54) is 5.57 Å². The standard InChI is InChI=1S/C29H27N3O3/c33-26(31-18-16-24(17-19-31)23-12-6-2-7-13-23)21-32-27(34)29(30-28(32)35,25-14-8-3-9-15-25)20-22-10-4-1-5-11-22/h1-16H,17-21H2,(H,30,35)/t29-/m1/s1. The lowest BCUT2D eigenvalue weighted by molar-refractivity contribution is -0.139. The second kappa shape index (κ2) is 9.58. The fourth-order valence-electron chi connectivity index (χ4n) is 4.86. The zero-order valence-corrected chi connectivity index (χ0v) is 19.4. The molecule has 1 fully saturated rings. The molecule has 6 nitrogen and oxygen atoms in total. The van der Waals surface area contributed by atoms with Gasteiger partial charge in [-0.15, -0.1) is 0 Å². The predicted molar refractivity (Wildman–Crippen MR) is 134 cm³/mol. The molecule has 2 aliphatic rings. The van der Waals surface area contributed by atoms with Crippen LogP contribution in [0.3, 0.4) is 0 Å². The van der Waals surface area contributed by atoms with Gasteiger partial charge in [0.05, 0.1) is 0 Å². The first-order valence-corrected chi connectivity index (χ1v) is 11.8. The molecular weight excluding hydrogens is 438 g/mol. The Bertz CT molecular complexity index is 1260. The van der Waals surface area contributed by atoms with Crippen LogP contribution in [0.25, 0.3) is 5.57 Å². The minimum atomic E-state index is -1.25. The molecule has 1 saturated heterocycles. The molecule has 176 valence electrons. The van der Waals surface area contributed by atoms with Crippen molar-refractivity contribution in [3.05, 3.63) is 114 Å². The van der Waals surface area contributed by atoms with E-state index in [9.17, 15) is 14.4 Å². The third kappa shape index (κ3) is 4.47. The summed E-state index contributed by atoms with van der Waals surface area (Å²) in [6, 6.07) is 28.4. The number of rotatable bonds is 6. The van der Waals surface area contributed by atoms with Gasteiger partial charge in [0, 0.05) is 19.5 Å². The first-order chi connectivity index (χ1) is 17.1. The molecule has 2 aliphatic heterocycles. The van der Waals surface area contributed by atoms with Gasteiger partial charge in [0.2, 0.25) is 5.91 Å². The van der Waals surface area contributed by atoms with E-state index in [1.807, 2.05) is 84.9 Å². The molecule has 0 saturated carbocycles. The van der Waals surface area contributed by atoms with Crippen molar-refractivity contribution < 1.29 is 14.4 Å². The van der Waals surface area contributed by atoms with E-state index in [1.54, 1.807) is 4.90 Å². The molecule has 1 atom stereocenters. The number of imide groups is 1. The van der Waals surface area contributed by atoms with Crippen LogP contribution in [-0.2, 0) is 21.5 Å². The molecule has 4 amide bonds. The van der Waals surface area contributed by atoms with Gasteiger partial charge in [-0.05, 0) is 28.7 Å². The number of benzene rings is 3. The molecule has 0 aromatic heterocycles. The number of amides is 4. The minimum Gasteiger partial charge on any atom is -0.337 e. The van der Waals surface area contributed by atoms with Crippen LogP contribution < -0.4 is 5.32 Å². The summed E-state index contributed by atoms with van der Waals surface area (Å²) in [5.74, 6) is -0.635. The topological polar surface area (TPSA) is 69.7 Å². The summed E-state index contributed by atoms with van der Waals surface area (Å²) in [6.07, 6.45) is 3.09. The summed E-state index contributed by atoms with van der Waals surface area (Å²) >= 11 is 0. The van der Waals surface area contributed by atoms with Gasteiger partial charge >= 0.3 is 6.03 Å². The van der Waals surface area contributed by atoms with Crippen LogP contribution in [0.4, 0.5) is 4.79 Å². The summed E-state index contributed by atoms with van der Waals surface area (Å²) in [5, 5.41) is 2.92. The van der Waals surface area contributed by atoms with Crippen LogP contribution in [0.2, 0.25) is 0 Å². The van der Waals surface area contributed by atoms with E-state index in [0.29, 0.717) is 25.1 Å². The van der Waals surface area contributed by atoms with Gasteiger partial charge in [-0.25, -0.2) is 4.79 Å². The summed E-state index contributed by atoms with van der Waals surface area (Å²) in [7, 11) is 0. The highest BCUT2D eigenvalue weighted by Gasteiger charge is 2.53. The molecule has 1 N–H and O–H groups in total. The number of carbonyl (C=O) groups excluding carboxylic acids is 3. The molecule has 2 heterocycles. The zero-order valence-electron chi connectivity index (χ0n) is 19.4. The fourth-order valence-corrected chi connectivity index (χ4v) is 4.86. The van der Waals surface area contributed by atoms with Gasteiger partial charge in [0.1, 0.15) is 6.54 Å². The summed E-state index contributed by atoms with van der Waals surface area (Å²) in [6.45, 7) is 0.736. The van der Waals surface area contributed by atoms with Crippen molar-refractivity contribution >= 4 is 23.4 Å². The zero-order chi connectivity index (χ0) is 24.3. The third-order valence-corrected chi connectivity index (χ3v) is 6.75. The maximum Gasteiger partial charge on any atom is 0.325 e. The third-order valence-electron chi connectivity index (χ3n) is 6.75. The maximum atomic E-state index is 13.8. The van der Waals surface area contributed by atoms with Crippen molar-refractivity contribution in [1.82, 2.24) is 15.1 Å². The van der Waals surface area contributed by atoms with E-state index in [2.05, 4.69) is 17.4 Å². The Morgan fingerprint density at radius 2 is 1.49 bits per heavy atom. The molecule has 35 heavy (non-hydrogen) atoms. The first-order valence-electron chi connectivity index (χ1n) is 11.8. The van der Waals surface area contributed by atoms with Crippen LogP contribution in [0.5, 0.6) is 0 Å². The van der Waals surface area contributed by atoms with E-state index < -0.39 is 17.5 Å². The Balaban J connectivity index is 1.34. The maximum absolute atomic E-state index is 13.8. The summed E-state index contributed by atoms with van der Waals surface area (Å²) in [5.41, 5.74) is 2.73. The second-order valence-corrected chi connectivity index (χ2v) is 8.94. The van der Waals surface area contributed by atoms with Crippen molar-refractivity contribution in [1.29, 1.82) is 0 Å². The van der Waals surface area contributed by atoms with Gasteiger partial charge in [-0.1, -0.05) is 97.1 Å². The number of hydrogen-bond donors (Lipinski definition) is 1. The summed E-state index contributed by atoms with van der Waals surface area (Å²) < 4.78 is 0. The van der Waals surface area contributed by atoms with Crippen molar-refractivity contribution in [2.45, 2.75) is 18.4 Å². The van der Waals surface area contributed by atoms with Crippen LogP contribution in [0.1, 0.15) is 23.1 Å². The normalized spacial score (nSPS) is 19.9. The fraction of sp³-hybridized carbons (Fsp3) is 0.207. The first kappa shape index (κ1) is 22.6. The van der Waals surface area contributed by atoms with E-state index >= 15 is 0 Å². The van der Waals surface area contributed by atoms with Gasteiger partial charge in [-0.2, -0.15) is 0 Å². The van der Waals surface area contributed by atoms with Gasteiger partial charge < -0.3 is 10.2 Å². The Morgan fingerprint density at radius 1 is 0.857 bits per heavy atom. The lowest BCUT2D eigenvalue weighted by Gasteiger charge is -2.29.